The fourth-order valence-electron chi connectivity index (χ4n) is 1.97. The minimum absolute atomic E-state index is 0.235. The molecule has 0 atom stereocenters. The molecule has 0 N–H and O–H groups in total. The third kappa shape index (κ3) is 3.22. The summed E-state index contributed by atoms with van der Waals surface area (Å²) in [6, 6.07) is 0. The van der Waals surface area contributed by atoms with Gasteiger partial charge in [0.1, 0.15) is 5.60 Å². The normalized spacial score (nSPS) is 19.6. The van der Waals surface area contributed by atoms with Crippen molar-refractivity contribution in [3.63, 3.8) is 0 Å². The number of hydrogen-bond acceptors (Lipinski definition) is 3. The minimum Gasteiger partial charge on any atom is -0.444 e. The van der Waals surface area contributed by atoms with Gasteiger partial charge in [-0.3, -0.25) is 4.99 Å². The molecule has 0 unspecified atom stereocenters. The Morgan fingerprint density at radius 2 is 2.22 bits per heavy atom. The van der Waals surface area contributed by atoms with E-state index in [9.17, 15) is 4.79 Å². The first-order valence-electron chi connectivity index (χ1n) is 6.34. The monoisotopic (exact) mass is 248 g/mol. The van der Waals surface area contributed by atoms with Crippen LogP contribution in [0.2, 0.25) is 0 Å². The number of aliphatic imine (C=N–C) groups is 1. The summed E-state index contributed by atoms with van der Waals surface area (Å²) in [7, 11) is 0. The summed E-state index contributed by atoms with van der Waals surface area (Å²) in [5.74, 6) is 0. The number of carbonyl (C=O) groups is 1. The molecule has 2 aliphatic heterocycles. The standard InChI is InChI=1S/C14H20N2O2/c1-14(2,3)18-13(17)16-9-6-11(7-10-16)12-5-4-8-15-12/h4-6H,7-10H2,1-3H3. The molecule has 2 rings (SSSR count). The Balaban J connectivity index is 1.93. The van der Waals surface area contributed by atoms with E-state index in [1.807, 2.05) is 20.8 Å². The molecule has 0 aromatic heterocycles. The van der Waals surface area contributed by atoms with Gasteiger partial charge in [0.25, 0.3) is 0 Å². The van der Waals surface area contributed by atoms with Gasteiger partial charge in [0.05, 0.1) is 12.3 Å². The van der Waals surface area contributed by atoms with Crippen LogP contribution in [0.25, 0.3) is 0 Å². The van der Waals surface area contributed by atoms with Crippen LogP contribution in [0.4, 0.5) is 4.79 Å². The van der Waals surface area contributed by atoms with Gasteiger partial charge < -0.3 is 9.64 Å². The average Bonchev–Trinajstić information content (AvgIpc) is 2.80. The Labute approximate surface area is 108 Å². The number of ether oxygens (including phenoxy) is 1. The van der Waals surface area contributed by atoms with Crippen molar-refractivity contribution in [2.75, 3.05) is 19.6 Å². The number of nitrogens with zero attached hydrogens (tertiary/aromatic N) is 2. The Bertz CT molecular complexity index is 428. The number of amides is 1. The van der Waals surface area contributed by atoms with Crippen molar-refractivity contribution in [3.8, 4) is 0 Å². The molecule has 0 fully saturated rings. The first-order valence-corrected chi connectivity index (χ1v) is 6.34. The van der Waals surface area contributed by atoms with Gasteiger partial charge in [0, 0.05) is 13.1 Å². The summed E-state index contributed by atoms with van der Waals surface area (Å²) in [6.45, 7) is 7.74. The summed E-state index contributed by atoms with van der Waals surface area (Å²) in [6.07, 6.45) is 6.79. The smallest absolute Gasteiger partial charge is 0.410 e. The SMILES string of the molecule is CC(C)(C)OC(=O)N1CC=C(C2=NCC=C2)CC1. The van der Waals surface area contributed by atoms with Crippen molar-refractivity contribution in [2.24, 2.45) is 4.99 Å². The molecule has 0 aliphatic carbocycles. The zero-order valence-electron chi connectivity index (χ0n) is 11.3. The maximum absolute atomic E-state index is 11.9. The number of allylic oxidation sites excluding steroid dienone is 1. The molecule has 0 bridgehead atoms. The molecule has 2 aliphatic rings. The van der Waals surface area contributed by atoms with Gasteiger partial charge in [-0.05, 0) is 38.8 Å². The van der Waals surface area contributed by atoms with Crippen molar-refractivity contribution in [2.45, 2.75) is 32.8 Å². The zero-order chi connectivity index (χ0) is 13.2. The van der Waals surface area contributed by atoms with Crippen LogP contribution in [-0.2, 0) is 4.74 Å². The Kier molecular flexibility index (Phi) is 3.55. The summed E-state index contributed by atoms with van der Waals surface area (Å²) < 4.78 is 5.35. The first-order chi connectivity index (χ1) is 8.46. The summed E-state index contributed by atoms with van der Waals surface area (Å²) in [5.41, 5.74) is 1.88. The second-order valence-corrected chi connectivity index (χ2v) is 5.53. The van der Waals surface area contributed by atoms with Crippen LogP contribution in [0.3, 0.4) is 0 Å². The molecule has 18 heavy (non-hydrogen) atoms. The van der Waals surface area contributed by atoms with Crippen molar-refractivity contribution in [1.29, 1.82) is 0 Å². The molecule has 1 amide bonds. The summed E-state index contributed by atoms with van der Waals surface area (Å²) in [4.78, 5) is 18.0. The molecular weight excluding hydrogens is 228 g/mol. The van der Waals surface area contributed by atoms with E-state index in [0.29, 0.717) is 13.1 Å². The molecule has 98 valence electrons. The van der Waals surface area contributed by atoms with E-state index in [2.05, 4.69) is 23.2 Å². The van der Waals surface area contributed by atoms with Crippen molar-refractivity contribution < 1.29 is 9.53 Å². The number of carbonyl (C=O) groups excluding carboxylic acids is 1. The Hall–Kier alpha value is -1.58. The lowest BCUT2D eigenvalue weighted by atomic mass is 10.0. The van der Waals surface area contributed by atoms with E-state index in [0.717, 1.165) is 18.7 Å². The highest BCUT2D eigenvalue weighted by Gasteiger charge is 2.24. The molecule has 0 saturated carbocycles. The van der Waals surface area contributed by atoms with Gasteiger partial charge in [-0.25, -0.2) is 4.79 Å². The van der Waals surface area contributed by atoms with E-state index in [-0.39, 0.29) is 6.09 Å². The third-order valence-electron chi connectivity index (χ3n) is 2.83. The second-order valence-electron chi connectivity index (χ2n) is 5.53. The fraction of sp³-hybridized carbons (Fsp3) is 0.571. The van der Waals surface area contributed by atoms with E-state index in [4.69, 9.17) is 4.74 Å². The van der Waals surface area contributed by atoms with Gasteiger partial charge in [-0.15, -0.1) is 0 Å². The van der Waals surface area contributed by atoms with Crippen LogP contribution < -0.4 is 0 Å². The maximum atomic E-state index is 11.9. The Morgan fingerprint density at radius 3 is 2.72 bits per heavy atom. The highest BCUT2D eigenvalue weighted by atomic mass is 16.6. The molecular formula is C14H20N2O2. The predicted octanol–water partition coefficient (Wildman–Crippen LogP) is 2.56. The van der Waals surface area contributed by atoms with E-state index in [1.165, 1.54) is 5.57 Å². The van der Waals surface area contributed by atoms with E-state index < -0.39 is 5.60 Å². The van der Waals surface area contributed by atoms with Crippen molar-refractivity contribution >= 4 is 11.8 Å². The lowest BCUT2D eigenvalue weighted by Gasteiger charge is -2.29. The Morgan fingerprint density at radius 1 is 1.44 bits per heavy atom. The first kappa shape index (κ1) is 12.9. The second kappa shape index (κ2) is 4.96. The molecule has 0 spiro atoms. The lowest BCUT2D eigenvalue weighted by molar-refractivity contribution is 0.0267. The van der Waals surface area contributed by atoms with Gasteiger partial charge in [-0.2, -0.15) is 0 Å². The van der Waals surface area contributed by atoms with Gasteiger partial charge in [0.2, 0.25) is 0 Å². The molecule has 4 heteroatoms. The van der Waals surface area contributed by atoms with Gasteiger partial charge in [0.15, 0.2) is 0 Å². The maximum Gasteiger partial charge on any atom is 0.410 e. The minimum atomic E-state index is -0.431. The van der Waals surface area contributed by atoms with E-state index >= 15 is 0 Å². The average molecular weight is 248 g/mol. The predicted molar refractivity (Wildman–Crippen MR) is 71.9 cm³/mol. The highest BCUT2D eigenvalue weighted by molar-refractivity contribution is 6.09. The topological polar surface area (TPSA) is 41.9 Å². The lowest BCUT2D eigenvalue weighted by Crippen LogP contribution is -2.39. The highest BCUT2D eigenvalue weighted by Crippen LogP contribution is 2.18. The van der Waals surface area contributed by atoms with Crippen LogP contribution in [0, 0.1) is 0 Å². The van der Waals surface area contributed by atoms with Crippen LogP contribution in [0.5, 0.6) is 0 Å². The molecule has 4 nitrogen and oxygen atoms in total. The molecule has 0 aromatic carbocycles. The van der Waals surface area contributed by atoms with Crippen LogP contribution in [0.1, 0.15) is 27.2 Å². The number of rotatable bonds is 1. The number of hydrogen-bond donors (Lipinski definition) is 0. The van der Waals surface area contributed by atoms with Crippen LogP contribution >= 0.6 is 0 Å². The molecule has 2 heterocycles. The fourth-order valence-corrected chi connectivity index (χ4v) is 1.97. The van der Waals surface area contributed by atoms with Crippen molar-refractivity contribution in [3.05, 3.63) is 23.8 Å². The van der Waals surface area contributed by atoms with Crippen molar-refractivity contribution in [1.82, 2.24) is 4.90 Å². The van der Waals surface area contributed by atoms with Crippen LogP contribution in [-0.4, -0.2) is 41.9 Å². The zero-order valence-corrected chi connectivity index (χ0v) is 11.3. The van der Waals surface area contributed by atoms with Gasteiger partial charge in [-0.1, -0.05) is 12.2 Å². The quantitative estimate of drug-likeness (QED) is 0.715. The summed E-state index contributed by atoms with van der Waals surface area (Å²) in [5, 5.41) is 0. The molecule has 0 aromatic rings. The molecule has 0 radical (unpaired) electrons. The van der Waals surface area contributed by atoms with Gasteiger partial charge >= 0.3 is 6.09 Å². The largest absolute Gasteiger partial charge is 0.444 e. The summed E-state index contributed by atoms with van der Waals surface area (Å²) >= 11 is 0. The molecule has 0 saturated heterocycles. The van der Waals surface area contributed by atoms with Crippen LogP contribution in [0.15, 0.2) is 28.8 Å². The van der Waals surface area contributed by atoms with E-state index in [1.54, 1.807) is 4.90 Å². The third-order valence-corrected chi connectivity index (χ3v) is 2.83.